The molecular formula is C16H18N2O2. The molecule has 2 N–H and O–H groups in total. The Bertz CT molecular complexity index is 683. The molecule has 2 aromatic rings. The van der Waals surface area contributed by atoms with Crippen molar-refractivity contribution < 1.29 is 4.92 Å². The Labute approximate surface area is 118 Å². The smallest absolute Gasteiger partial charge is 0.277 e. The fourth-order valence-electron chi connectivity index (χ4n) is 2.76. The van der Waals surface area contributed by atoms with E-state index in [4.69, 9.17) is 5.73 Å². The summed E-state index contributed by atoms with van der Waals surface area (Å²) in [4.78, 5) is 11.0. The molecule has 0 aromatic heterocycles. The van der Waals surface area contributed by atoms with Crippen molar-refractivity contribution in [1.29, 1.82) is 0 Å². The van der Waals surface area contributed by atoms with Gasteiger partial charge in [0, 0.05) is 17.3 Å². The van der Waals surface area contributed by atoms with Gasteiger partial charge in [-0.1, -0.05) is 12.1 Å². The van der Waals surface area contributed by atoms with Crippen molar-refractivity contribution in [2.45, 2.75) is 27.7 Å². The molecule has 0 aliphatic rings. The molecule has 0 spiro atoms. The summed E-state index contributed by atoms with van der Waals surface area (Å²) in [6, 6.07) is 7.39. The number of nitrogens with zero attached hydrogens (tertiary/aromatic N) is 1. The molecular weight excluding hydrogens is 252 g/mol. The highest BCUT2D eigenvalue weighted by Gasteiger charge is 2.21. The van der Waals surface area contributed by atoms with Crippen molar-refractivity contribution in [1.82, 2.24) is 0 Å². The minimum absolute atomic E-state index is 0.112. The number of rotatable bonds is 2. The molecule has 4 heteroatoms. The minimum atomic E-state index is -0.339. The summed E-state index contributed by atoms with van der Waals surface area (Å²) in [5.74, 6) is 0. The Balaban J connectivity index is 2.86. The Kier molecular flexibility index (Phi) is 3.49. The van der Waals surface area contributed by atoms with Crippen LogP contribution < -0.4 is 5.73 Å². The summed E-state index contributed by atoms with van der Waals surface area (Å²) in [6.45, 7) is 7.63. The maximum atomic E-state index is 11.4. The lowest BCUT2D eigenvalue weighted by Crippen LogP contribution is -2.01. The van der Waals surface area contributed by atoms with Crippen LogP contribution in [0.15, 0.2) is 24.3 Å². The molecule has 2 rings (SSSR count). The Hall–Kier alpha value is -2.36. The first kappa shape index (κ1) is 14.1. The van der Waals surface area contributed by atoms with E-state index in [0.29, 0.717) is 11.3 Å². The van der Waals surface area contributed by atoms with E-state index in [2.05, 4.69) is 0 Å². The third kappa shape index (κ3) is 2.37. The van der Waals surface area contributed by atoms with Gasteiger partial charge < -0.3 is 5.73 Å². The van der Waals surface area contributed by atoms with E-state index >= 15 is 0 Å². The van der Waals surface area contributed by atoms with Crippen molar-refractivity contribution in [3.05, 3.63) is 56.6 Å². The molecule has 0 radical (unpaired) electrons. The van der Waals surface area contributed by atoms with E-state index in [1.54, 1.807) is 6.07 Å². The zero-order valence-electron chi connectivity index (χ0n) is 12.2. The van der Waals surface area contributed by atoms with Crippen LogP contribution in [0, 0.1) is 37.8 Å². The van der Waals surface area contributed by atoms with Crippen LogP contribution in [0.25, 0.3) is 11.1 Å². The van der Waals surface area contributed by atoms with Crippen LogP contribution in [0.4, 0.5) is 11.4 Å². The number of nitro benzene ring substituents is 1. The third-order valence-corrected chi connectivity index (χ3v) is 3.42. The SMILES string of the molecule is Cc1cc(C)c(-c2c(C)cc(C)cc2[N+](=O)[O-])c(N)c1. The number of hydrogen-bond acceptors (Lipinski definition) is 3. The first-order valence-corrected chi connectivity index (χ1v) is 6.44. The molecule has 0 fully saturated rings. The molecule has 0 heterocycles. The predicted octanol–water partition coefficient (Wildman–Crippen LogP) is 4.08. The monoisotopic (exact) mass is 270 g/mol. The van der Waals surface area contributed by atoms with E-state index < -0.39 is 0 Å². The summed E-state index contributed by atoms with van der Waals surface area (Å²) in [7, 11) is 0. The van der Waals surface area contributed by atoms with Gasteiger partial charge in [-0.05, 0) is 56.0 Å². The van der Waals surface area contributed by atoms with Crippen LogP contribution in [0.5, 0.6) is 0 Å². The van der Waals surface area contributed by atoms with Crippen LogP contribution in [-0.4, -0.2) is 4.92 Å². The van der Waals surface area contributed by atoms with Crippen molar-refractivity contribution in [2.75, 3.05) is 5.73 Å². The van der Waals surface area contributed by atoms with E-state index in [-0.39, 0.29) is 10.6 Å². The second kappa shape index (κ2) is 4.96. The molecule has 0 aliphatic heterocycles. The van der Waals surface area contributed by atoms with Crippen molar-refractivity contribution in [2.24, 2.45) is 0 Å². The fourth-order valence-corrected chi connectivity index (χ4v) is 2.76. The lowest BCUT2D eigenvalue weighted by molar-refractivity contribution is -0.384. The summed E-state index contributed by atoms with van der Waals surface area (Å²) in [5, 5.41) is 11.4. The van der Waals surface area contributed by atoms with Crippen LogP contribution >= 0.6 is 0 Å². The number of benzene rings is 2. The number of aryl methyl sites for hydroxylation is 4. The predicted molar refractivity (Wildman–Crippen MR) is 81.9 cm³/mol. The second-order valence-electron chi connectivity index (χ2n) is 5.28. The van der Waals surface area contributed by atoms with Crippen LogP contribution in [0.2, 0.25) is 0 Å². The quantitative estimate of drug-likeness (QED) is 0.508. The first-order valence-electron chi connectivity index (χ1n) is 6.44. The molecule has 20 heavy (non-hydrogen) atoms. The molecule has 0 bridgehead atoms. The number of nitro groups is 1. The average molecular weight is 270 g/mol. The van der Waals surface area contributed by atoms with Gasteiger partial charge >= 0.3 is 0 Å². The summed E-state index contributed by atoms with van der Waals surface area (Å²) in [5.41, 5.74) is 11.9. The number of nitrogens with two attached hydrogens (primary N) is 1. The Morgan fingerprint density at radius 1 is 0.900 bits per heavy atom. The molecule has 0 saturated carbocycles. The molecule has 0 amide bonds. The lowest BCUT2D eigenvalue weighted by atomic mass is 9.91. The zero-order chi connectivity index (χ0) is 15.0. The van der Waals surface area contributed by atoms with Crippen LogP contribution in [0.3, 0.4) is 0 Å². The van der Waals surface area contributed by atoms with Gasteiger partial charge in [-0.3, -0.25) is 10.1 Å². The Morgan fingerprint density at radius 3 is 1.90 bits per heavy atom. The summed E-state index contributed by atoms with van der Waals surface area (Å²) in [6.07, 6.45) is 0. The van der Waals surface area contributed by atoms with Gasteiger partial charge in [0.25, 0.3) is 5.69 Å². The third-order valence-electron chi connectivity index (χ3n) is 3.42. The van der Waals surface area contributed by atoms with Crippen molar-refractivity contribution >= 4 is 11.4 Å². The van der Waals surface area contributed by atoms with Crippen LogP contribution in [-0.2, 0) is 0 Å². The lowest BCUT2D eigenvalue weighted by Gasteiger charge is -2.14. The van der Waals surface area contributed by atoms with Gasteiger partial charge in [0.15, 0.2) is 0 Å². The van der Waals surface area contributed by atoms with Gasteiger partial charge in [0.1, 0.15) is 0 Å². The topological polar surface area (TPSA) is 69.2 Å². The number of nitrogen functional groups attached to an aromatic ring is 1. The molecule has 0 aliphatic carbocycles. The molecule has 4 nitrogen and oxygen atoms in total. The molecule has 0 atom stereocenters. The molecule has 2 aromatic carbocycles. The highest BCUT2D eigenvalue weighted by atomic mass is 16.6. The normalized spacial score (nSPS) is 10.6. The van der Waals surface area contributed by atoms with E-state index in [9.17, 15) is 10.1 Å². The average Bonchev–Trinajstić information content (AvgIpc) is 2.29. The Morgan fingerprint density at radius 2 is 1.40 bits per heavy atom. The fraction of sp³-hybridized carbons (Fsp3) is 0.250. The molecule has 0 unspecified atom stereocenters. The highest BCUT2D eigenvalue weighted by molar-refractivity contribution is 5.87. The second-order valence-corrected chi connectivity index (χ2v) is 5.28. The van der Waals surface area contributed by atoms with Gasteiger partial charge in [0.2, 0.25) is 0 Å². The summed E-state index contributed by atoms with van der Waals surface area (Å²) >= 11 is 0. The largest absolute Gasteiger partial charge is 0.398 e. The minimum Gasteiger partial charge on any atom is -0.398 e. The van der Waals surface area contributed by atoms with Gasteiger partial charge in [-0.25, -0.2) is 0 Å². The standard InChI is InChI=1S/C16H18N2O2/c1-9-5-11(3)15(13(17)7-9)16-12(4)6-10(2)8-14(16)18(19)20/h5-8H,17H2,1-4H3. The van der Waals surface area contributed by atoms with Gasteiger partial charge in [0.05, 0.1) is 10.5 Å². The van der Waals surface area contributed by atoms with Crippen molar-refractivity contribution in [3.8, 4) is 11.1 Å². The molecule has 104 valence electrons. The van der Waals surface area contributed by atoms with E-state index in [0.717, 1.165) is 27.8 Å². The first-order chi connectivity index (χ1) is 9.31. The number of hydrogen-bond donors (Lipinski definition) is 1. The maximum absolute atomic E-state index is 11.4. The van der Waals surface area contributed by atoms with E-state index in [1.807, 2.05) is 45.9 Å². The maximum Gasteiger partial charge on any atom is 0.277 e. The van der Waals surface area contributed by atoms with Gasteiger partial charge in [-0.2, -0.15) is 0 Å². The summed E-state index contributed by atoms with van der Waals surface area (Å²) < 4.78 is 0. The highest BCUT2D eigenvalue weighted by Crippen LogP contribution is 2.39. The van der Waals surface area contributed by atoms with Crippen LogP contribution in [0.1, 0.15) is 22.3 Å². The zero-order valence-corrected chi connectivity index (χ0v) is 12.2. The molecule has 0 saturated heterocycles. The number of anilines is 1. The van der Waals surface area contributed by atoms with Gasteiger partial charge in [-0.15, -0.1) is 0 Å². The van der Waals surface area contributed by atoms with Crippen molar-refractivity contribution in [3.63, 3.8) is 0 Å². The van der Waals surface area contributed by atoms with E-state index in [1.165, 1.54) is 0 Å².